The Morgan fingerprint density at radius 3 is 1.64 bits per heavy atom. The fourth-order valence-electron chi connectivity index (χ4n) is 5.73. The maximum Gasteiger partial charge on any atom is -0.0162 e. The molecule has 0 aliphatic heterocycles. The van der Waals surface area contributed by atoms with Crippen molar-refractivity contribution in [2.24, 2.45) is 5.92 Å². The van der Waals surface area contributed by atoms with Crippen LogP contribution in [-0.4, -0.2) is 0 Å². The lowest BCUT2D eigenvalue weighted by molar-refractivity contribution is 0.304. The summed E-state index contributed by atoms with van der Waals surface area (Å²) >= 11 is 0. The van der Waals surface area contributed by atoms with Crippen LogP contribution in [0.2, 0.25) is 0 Å². The number of unbranched alkanes of at least 4 members (excludes halogenated alkanes) is 9. The van der Waals surface area contributed by atoms with Gasteiger partial charge in [-0.2, -0.15) is 0 Å². The zero-order valence-corrected chi connectivity index (χ0v) is 21.8. The largest absolute Gasteiger partial charge is 0.0654 e. The van der Waals surface area contributed by atoms with E-state index < -0.39 is 0 Å². The second kappa shape index (κ2) is 15.4. The molecule has 0 aromatic heterocycles. The summed E-state index contributed by atoms with van der Waals surface area (Å²) in [6.45, 7) is 4.61. The van der Waals surface area contributed by atoms with Gasteiger partial charge in [-0.15, -0.1) is 0 Å². The lowest BCUT2D eigenvalue weighted by Gasteiger charge is -2.29. The molecule has 2 aromatic carbocycles. The van der Waals surface area contributed by atoms with E-state index in [1.165, 1.54) is 126 Å². The van der Waals surface area contributed by atoms with Gasteiger partial charge in [-0.25, -0.2) is 0 Å². The third-order valence-corrected chi connectivity index (χ3v) is 8.05. The molecule has 0 N–H and O–H groups in total. The number of hydrogen-bond donors (Lipinski definition) is 0. The quantitative estimate of drug-likeness (QED) is 0.239. The van der Waals surface area contributed by atoms with Crippen molar-refractivity contribution in [3.05, 3.63) is 59.7 Å². The Labute approximate surface area is 205 Å². The molecule has 1 aliphatic carbocycles. The predicted octanol–water partition coefficient (Wildman–Crippen LogP) is 10.9. The van der Waals surface area contributed by atoms with Gasteiger partial charge in [0.05, 0.1) is 0 Å². The Morgan fingerprint density at radius 2 is 1.06 bits per heavy atom. The van der Waals surface area contributed by atoms with Crippen molar-refractivity contribution in [3.63, 3.8) is 0 Å². The smallest absolute Gasteiger partial charge is 0.0162 e. The Morgan fingerprint density at radius 1 is 0.545 bits per heavy atom. The van der Waals surface area contributed by atoms with Crippen molar-refractivity contribution in [2.45, 2.75) is 129 Å². The number of aryl methyl sites for hydroxylation is 1. The minimum absolute atomic E-state index is 0.788. The van der Waals surface area contributed by atoms with Gasteiger partial charge in [0.15, 0.2) is 0 Å². The molecule has 0 bridgehead atoms. The van der Waals surface area contributed by atoms with E-state index in [-0.39, 0.29) is 0 Å². The topological polar surface area (TPSA) is 0 Å². The molecule has 0 nitrogen and oxygen atoms in total. The standard InChI is InChI=1S/C33H50/c1-3-5-7-8-9-10-11-12-13-15-29-18-22-31(23-19-29)33-26-24-32(25-27-33)30-20-16-28(17-21-30)14-6-4-2/h18-19,22-28,30H,3-17,20-21H2,1-2H3. The molecule has 0 amide bonds. The highest BCUT2D eigenvalue weighted by Crippen LogP contribution is 2.38. The van der Waals surface area contributed by atoms with Crippen molar-refractivity contribution < 1.29 is 0 Å². The van der Waals surface area contributed by atoms with Crippen LogP contribution in [0.25, 0.3) is 11.1 Å². The van der Waals surface area contributed by atoms with Crippen LogP contribution in [0.3, 0.4) is 0 Å². The van der Waals surface area contributed by atoms with Crippen LogP contribution in [0.15, 0.2) is 48.5 Å². The second-order valence-corrected chi connectivity index (χ2v) is 10.8. The zero-order chi connectivity index (χ0) is 23.1. The molecule has 2 aromatic rings. The molecule has 0 unspecified atom stereocenters. The molecular formula is C33H50. The highest BCUT2D eigenvalue weighted by molar-refractivity contribution is 5.64. The van der Waals surface area contributed by atoms with E-state index >= 15 is 0 Å². The van der Waals surface area contributed by atoms with Crippen molar-refractivity contribution in [1.82, 2.24) is 0 Å². The van der Waals surface area contributed by atoms with E-state index in [1.54, 1.807) is 5.56 Å². The molecule has 33 heavy (non-hydrogen) atoms. The Kier molecular flexibility index (Phi) is 12.1. The van der Waals surface area contributed by atoms with Crippen LogP contribution in [0.4, 0.5) is 0 Å². The summed E-state index contributed by atoms with van der Waals surface area (Å²) in [6, 6.07) is 18.9. The summed E-state index contributed by atoms with van der Waals surface area (Å²) in [5.74, 6) is 1.78. The van der Waals surface area contributed by atoms with E-state index in [4.69, 9.17) is 0 Å². The first-order chi connectivity index (χ1) is 16.3. The Bertz CT molecular complexity index is 731. The van der Waals surface area contributed by atoms with Crippen LogP contribution in [0, 0.1) is 5.92 Å². The monoisotopic (exact) mass is 446 g/mol. The Balaban J connectivity index is 1.36. The van der Waals surface area contributed by atoms with Crippen LogP contribution >= 0.6 is 0 Å². The molecule has 182 valence electrons. The first kappa shape index (κ1) is 26.1. The normalized spacial score (nSPS) is 18.5. The maximum atomic E-state index is 2.41. The minimum atomic E-state index is 0.788. The van der Waals surface area contributed by atoms with E-state index in [2.05, 4.69) is 62.4 Å². The third-order valence-electron chi connectivity index (χ3n) is 8.05. The van der Waals surface area contributed by atoms with Gasteiger partial charge < -0.3 is 0 Å². The number of benzene rings is 2. The van der Waals surface area contributed by atoms with Gasteiger partial charge >= 0.3 is 0 Å². The van der Waals surface area contributed by atoms with Gasteiger partial charge in [-0.05, 0) is 72.6 Å². The summed E-state index contributed by atoms with van der Waals surface area (Å²) < 4.78 is 0. The van der Waals surface area contributed by atoms with Crippen molar-refractivity contribution in [2.75, 3.05) is 0 Å². The molecule has 0 atom stereocenters. The van der Waals surface area contributed by atoms with Crippen LogP contribution in [-0.2, 0) is 6.42 Å². The average Bonchev–Trinajstić information content (AvgIpc) is 2.87. The summed E-state index contributed by atoms with van der Waals surface area (Å²) in [7, 11) is 0. The summed E-state index contributed by atoms with van der Waals surface area (Å²) in [5, 5.41) is 0. The van der Waals surface area contributed by atoms with Gasteiger partial charge in [-0.1, -0.05) is 133 Å². The van der Waals surface area contributed by atoms with E-state index in [9.17, 15) is 0 Å². The van der Waals surface area contributed by atoms with Crippen LogP contribution in [0.5, 0.6) is 0 Å². The first-order valence-electron chi connectivity index (χ1n) is 14.5. The van der Waals surface area contributed by atoms with Gasteiger partial charge in [0.2, 0.25) is 0 Å². The predicted molar refractivity (Wildman–Crippen MR) is 147 cm³/mol. The SMILES string of the molecule is CCCCCCCCCCCc1ccc(-c2ccc(C3CCC(CCCC)CC3)cc2)cc1. The van der Waals surface area contributed by atoms with Crippen LogP contribution < -0.4 is 0 Å². The van der Waals surface area contributed by atoms with Gasteiger partial charge in [0.1, 0.15) is 0 Å². The van der Waals surface area contributed by atoms with Crippen molar-refractivity contribution >= 4 is 0 Å². The van der Waals surface area contributed by atoms with Crippen molar-refractivity contribution in [1.29, 1.82) is 0 Å². The summed E-state index contributed by atoms with van der Waals surface area (Å²) in [5.41, 5.74) is 5.79. The van der Waals surface area contributed by atoms with E-state index in [1.807, 2.05) is 0 Å². The first-order valence-corrected chi connectivity index (χ1v) is 14.5. The maximum absolute atomic E-state index is 2.41. The lowest BCUT2D eigenvalue weighted by atomic mass is 9.77. The molecule has 0 heterocycles. The fourth-order valence-corrected chi connectivity index (χ4v) is 5.73. The fraction of sp³-hybridized carbons (Fsp3) is 0.636. The number of hydrogen-bond acceptors (Lipinski definition) is 0. The zero-order valence-electron chi connectivity index (χ0n) is 21.8. The minimum Gasteiger partial charge on any atom is -0.0654 e. The summed E-state index contributed by atoms with van der Waals surface area (Å²) in [4.78, 5) is 0. The second-order valence-electron chi connectivity index (χ2n) is 10.8. The van der Waals surface area contributed by atoms with E-state index in [0.717, 1.165) is 11.8 Å². The highest BCUT2D eigenvalue weighted by Gasteiger charge is 2.21. The molecule has 1 aliphatic rings. The van der Waals surface area contributed by atoms with E-state index in [0.29, 0.717) is 0 Å². The lowest BCUT2D eigenvalue weighted by Crippen LogP contribution is -2.13. The summed E-state index contributed by atoms with van der Waals surface area (Å²) in [6.07, 6.45) is 23.8. The molecule has 0 radical (unpaired) electrons. The van der Waals surface area contributed by atoms with Gasteiger partial charge in [0, 0.05) is 0 Å². The highest BCUT2D eigenvalue weighted by atomic mass is 14.3. The van der Waals surface area contributed by atoms with Gasteiger partial charge in [0.25, 0.3) is 0 Å². The van der Waals surface area contributed by atoms with Crippen LogP contribution in [0.1, 0.15) is 134 Å². The Hall–Kier alpha value is -1.56. The molecule has 1 saturated carbocycles. The molecular weight excluding hydrogens is 396 g/mol. The van der Waals surface area contributed by atoms with Gasteiger partial charge in [-0.3, -0.25) is 0 Å². The van der Waals surface area contributed by atoms with Crippen molar-refractivity contribution in [3.8, 4) is 11.1 Å². The molecule has 0 heteroatoms. The molecule has 3 rings (SSSR count). The average molecular weight is 447 g/mol. The third kappa shape index (κ3) is 9.30. The molecule has 0 spiro atoms. The molecule has 1 fully saturated rings. The molecule has 0 saturated heterocycles. The number of rotatable bonds is 15.